The summed E-state index contributed by atoms with van der Waals surface area (Å²) in [5.41, 5.74) is 4.16. The van der Waals surface area contributed by atoms with E-state index in [4.69, 9.17) is 0 Å². The molecule has 150 valence electrons. The Bertz CT molecular complexity index is 1120. The van der Waals surface area contributed by atoms with Crippen molar-refractivity contribution in [2.45, 2.75) is 19.8 Å². The van der Waals surface area contributed by atoms with Crippen molar-refractivity contribution in [3.63, 3.8) is 0 Å². The fraction of sp³-hybridized carbons (Fsp3) is 0.160. The van der Waals surface area contributed by atoms with Crippen LogP contribution < -0.4 is 10.2 Å². The number of hydrogen-bond donors (Lipinski definition) is 1. The van der Waals surface area contributed by atoms with Crippen LogP contribution >= 0.6 is 0 Å². The highest BCUT2D eigenvalue weighted by atomic mass is 16.2. The van der Waals surface area contributed by atoms with E-state index in [-0.39, 0.29) is 17.6 Å². The molecule has 5 heteroatoms. The summed E-state index contributed by atoms with van der Waals surface area (Å²) in [7, 11) is 0. The van der Waals surface area contributed by atoms with Gasteiger partial charge in [-0.2, -0.15) is 0 Å². The minimum atomic E-state index is -0.306. The number of nitrogens with zero attached hydrogens (tertiary/aromatic N) is 1. The van der Waals surface area contributed by atoms with E-state index in [1.54, 1.807) is 53.4 Å². The number of anilines is 2. The second-order valence-electron chi connectivity index (χ2n) is 7.36. The molecule has 0 unspecified atom stereocenters. The molecule has 0 bridgehead atoms. The molecule has 0 fully saturated rings. The lowest BCUT2D eigenvalue weighted by Crippen LogP contribution is -2.35. The quantitative estimate of drug-likeness (QED) is 0.646. The van der Waals surface area contributed by atoms with Gasteiger partial charge in [0.15, 0.2) is 5.78 Å². The molecule has 0 spiro atoms. The first kappa shape index (κ1) is 19.6. The molecule has 5 nitrogen and oxygen atoms in total. The van der Waals surface area contributed by atoms with Gasteiger partial charge in [0.2, 0.25) is 0 Å². The predicted molar refractivity (Wildman–Crippen MR) is 117 cm³/mol. The van der Waals surface area contributed by atoms with Gasteiger partial charge in [-0.3, -0.25) is 14.4 Å². The number of rotatable bonds is 4. The van der Waals surface area contributed by atoms with E-state index in [1.165, 1.54) is 12.5 Å². The van der Waals surface area contributed by atoms with E-state index in [0.717, 1.165) is 18.5 Å². The lowest BCUT2D eigenvalue weighted by Gasteiger charge is -2.29. The van der Waals surface area contributed by atoms with Crippen molar-refractivity contribution in [2.24, 2.45) is 0 Å². The van der Waals surface area contributed by atoms with Gasteiger partial charge in [0.25, 0.3) is 11.8 Å². The summed E-state index contributed by atoms with van der Waals surface area (Å²) >= 11 is 0. The first-order chi connectivity index (χ1) is 14.5. The lowest BCUT2D eigenvalue weighted by atomic mass is 10.0. The fourth-order valence-electron chi connectivity index (χ4n) is 3.69. The average molecular weight is 398 g/mol. The maximum absolute atomic E-state index is 13.2. The van der Waals surface area contributed by atoms with Gasteiger partial charge in [-0.25, -0.2) is 0 Å². The van der Waals surface area contributed by atoms with E-state index in [1.807, 2.05) is 18.2 Å². The van der Waals surface area contributed by atoms with E-state index in [9.17, 15) is 14.4 Å². The van der Waals surface area contributed by atoms with E-state index >= 15 is 0 Å². The van der Waals surface area contributed by atoms with E-state index < -0.39 is 0 Å². The Kier molecular flexibility index (Phi) is 5.44. The molecule has 30 heavy (non-hydrogen) atoms. The highest BCUT2D eigenvalue weighted by Crippen LogP contribution is 2.28. The topological polar surface area (TPSA) is 66.5 Å². The molecule has 1 N–H and O–H groups in total. The summed E-state index contributed by atoms with van der Waals surface area (Å²) in [6, 6.07) is 21.4. The van der Waals surface area contributed by atoms with Crippen LogP contribution in [0.25, 0.3) is 0 Å². The van der Waals surface area contributed by atoms with Crippen LogP contribution in [-0.2, 0) is 6.42 Å². The third kappa shape index (κ3) is 4.01. The monoisotopic (exact) mass is 398 g/mol. The number of hydrogen-bond acceptors (Lipinski definition) is 3. The minimum Gasteiger partial charge on any atom is -0.322 e. The van der Waals surface area contributed by atoms with Gasteiger partial charge in [-0.1, -0.05) is 24.3 Å². The summed E-state index contributed by atoms with van der Waals surface area (Å²) in [5, 5.41) is 2.81. The second-order valence-corrected chi connectivity index (χ2v) is 7.36. The molecule has 4 rings (SSSR count). The van der Waals surface area contributed by atoms with Crippen molar-refractivity contribution in [3.05, 3.63) is 95.1 Å². The number of ketones is 1. The van der Waals surface area contributed by atoms with Gasteiger partial charge in [0, 0.05) is 34.6 Å². The number of benzene rings is 3. The van der Waals surface area contributed by atoms with Crippen LogP contribution in [0.5, 0.6) is 0 Å². The van der Waals surface area contributed by atoms with Crippen molar-refractivity contribution >= 4 is 29.0 Å². The fourth-order valence-corrected chi connectivity index (χ4v) is 3.69. The van der Waals surface area contributed by atoms with Crippen LogP contribution in [0, 0.1) is 0 Å². The molecule has 1 aliphatic heterocycles. The third-order valence-electron chi connectivity index (χ3n) is 5.28. The molecule has 3 aromatic rings. The minimum absolute atomic E-state index is 0.0293. The summed E-state index contributed by atoms with van der Waals surface area (Å²) in [6.45, 7) is 2.16. The number of carbonyl (C=O) groups excluding carboxylic acids is 3. The van der Waals surface area contributed by atoms with Gasteiger partial charge >= 0.3 is 0 Å². The Morgan fingerprint density at radius 3 is 2.33 bits per heavy atom. The Morgan fingerprint density at radius 1 is 0.833 bits per heavy atom. The zero-order valence-electron chi connectivity index (χ0n) is 16.7. The molecule has 2 amide bonds. The van der Waals surface area contributed by atoms with Crippen molar-refractivity contribution in [1.82, 2.24) is 0 Å². The third-order valence-corrected chi connectivity index (χ3v) is 5.28. The zero-order chi connectivity index (χ0) is 21.1. The largest absolute Gasteiger partial charge is 0.322 e. The summed E-state index contributed by atoms with van der Waals surface area (Å²) < 4.78 is 0. The highest BCUT2D eigenvalue weighted by molar-refractivity contribution is 6.10. The Morgan fingerprint density at radius 2 is 1.57 bits per heavy atom. The van der Waals surface area contributed by atoms with Crippen molar-refractivity contribution in [1.29, 1.82) is 0 Å². The van der Waals surface area contributed by atoms with E-state index in [2.05, 4.69) is 11.4 Å². The van der Waals surface area contributed by atoms with Gasteiger partial charge < -0.3 is 10.2 Å². The molecule has 0 saturated heterocycles. The Hall–Kier alpha value is -3.73. The molecule has 1 aliphatic rings. The molecule has 3 aromatic carbocycles. The molecule has 0 radical (unpaired) electrons. The van der Waals surface area contributed by atoms with Gasteiger partial charge in [0.05, 0.1) is 0 Å². The Labute approximate surface area is 175 Å². The number of nitrogens with one attached hydrogen (secondary N) is 1. The van der Waals surface area contributed by atoms with Gasteiger partial charge in [-0.05, 0) is 73.9 Å². The number of fused-ring (bicyclic) bond motifs is 1. The number of amides is 2. The molecule has 0 aliphatic carbocycles. The van der Waals surface area contributed by atoms with Crippen LogP contribution in [0.2, 0.25) is 0 Å². The van der Waals surface area contributed by atoms with Crippen LogP contribution in [0.15, 0.2) is 72.8 Å². The smallest absolute Gasteiger partial charge is 0.258 e. The predicted octanol–water partition coefficient (Wildman–Crippen LogP) is 4.73. The van der Waals surface area contributed by atoms with Gasteiger partial charge in [-0.15, -0.1) is 0 Å². The van der Waals surface area contributed by atoms with E-state index in [0.29, 0.717) is 28.9 Å². The number of para-hydroxylation sites is 1. The number of Topliss-reactive ketones (excluding diaryl/α,β-unsaturated/α-hetero) is 1. The maximum atomic E-state index is 13.2. The van der Waals surface area contributed by atoms with Crippen LogP contribution in [0.3, 0.4) is 0 Å². The first-order valence-electron chi connectivity index (χ1n) is 9.95. The van der Waals surface area contributed by atoms with Crippen molar-refractivity contribution in [2.75, 3.05) is 16.8 Å². The number of carbonyl (C=O) groups is 3. The molecule has 0 saturated carbocycles. The summed E-state index contributed by atoms with van der Waals surface area (Å²) in [6.07, 6.45) is 1.88. The first-order valence-corrected chi connectivity index (χ1v) is 9.95. The maximum Gasteiger partial charge on any atom is 0.258 e. The SMILES string of the molecule is CC(=O)c1ccc(NC(=O)c2cccc(C(=O)N3CCCc4ccccc43)c2)cc1. The van der Waals surface area contributed by atoms with Gasteiger partial charge in [0.1, 0.15) is 0 Å². The average Bonchev–Trinajstić information content (AvgIpc) is 2.78. The van der Waals surface area contributed by atoms with Crippen molar-refractivity contribution < 1.29 is 14.4 Å². The van der Waals surface area contributed by atoms with Crippen LogP contribution in [0.4, 0.5) is 11.4 Å². The number of aryl methyl sites for hydroxylation is 1. The molecule has 0 aromatic heterocycles. The summed E-state index contributed by atoms with van der Waals surface area (Å²) in [5.74, 6) is -0.444. The zero-order valence-corrected chi connectivity index (χ0v) is 16.7. The Balaban J connectivity index is 1.53. The second kappa shape index (κ2) is 8.33. The van der Waals surface area contributed by atoms with Crippen LogP contribution in [-0.4, -0.2) is 24.1 Å². The standard InChI is InChI=1S/C25H22N2O3/c1-17(28)18-11-13-22(14-12-18)26-24(29)20-7-4-8-21(16-20)25(30)27-15-5-9-19-6-2-3-10-23(19)27/h2-4,6-8,10-14,16H,5,9,15H2,1H3,(H,26,29). The van der Waals surface area contributed by atoms with Crippen molar-refractivity contribution in [3.8, 4) is 0 Å². The highest BCUT2D eigenvalue weighted by Gasteiger charge is 2.23. The lowest BCUT2D eigenvalue weighted by molar-refractivity contribution is 0.0983. The van der Waals surface area contributed by atoms with Crippen LogP contribution in [0.1, 0.15) is 50.0 Å². The molecular formula is C25H22N2O3. The molecular weight excluding hydrogens is 376 g/mol. The summed E-state index contributed by atoms with van der Waals surface area (Å²) in [4.78, 5) is 39.0. The molecule has 1 heterocycles. The normalized spacial score (nSPS) is 12.8. The molecule has 0 atom stereocenters.